The third-order valence-electron chi connectivity index (χ3n) is 4.48. The topological polar surface area (TPSA) is 41.9 Å². The molecule has 0 atom stereocenters. The fourth-order valence-corrected chi connectivity index (χ4v) is 2.99. The second-order valence-electron chi connectivity index (χ2n) is 6.97. The normalized spacial score (nSPS) is 15.8. The SMILES string of the molecule is CC(F)(F)CCCCNCc1ccc2nn(CC3CNC3)cc2c1. The first kappa shape index (κ1) is 17.3. The van der Waals surface area contributed by atoms with Crippen molar-refractivity contribution in [3.63, 3.8) is 0 Å². The summed E-state index contributed by atoms with van der Waals surface area (Å²) in [5.41, 5.74) is 2.23. The number of aromatic nitrogens is 2. The summed E-state index contributed by atoms with van der Waals surface area (Å²) >= 11 is 0. The van der Waals surface area contributed by atoms with Crippen LogP contribution in [0, 0.1) is 5.92 Å². The molecule has 0 spiro atoms. The molecule has 0 unspecified atom stereocenters. The average molecular weight is 336 g/mol. The molecule has 1 aromatic carbocycles. The number of rotatable bonds is 9. The summed E-state index contributed by atoms with van der Waals surface area (Å²) in [6.45, 7) is 5.64. The molecule has 132 valence electrons. The highest BCUT2D eigenvalue weighted by Gasteiger charge is 2.19. The largest absolute Gasteiger partial charge is 0.316 e. The van der Waals surface area contributed by atoms with E-state index >= 15 is 0 Å². The summed E-state index contributed by atoms with van der Waals surface area (Å²) in [6.07, 6.45) is 3.41. The fraction of sp³-hybridized carbons (Fsp3) is 0.611. The van der Waals surface area contributed by atoms with Crippen molar-refractivity contribution >= 4 is 10.9 Å². The van der Waals surface area contributed by atoms with Crippen LogP contribution in [0.3, 0.4) is 0 Å². The molecule has 4 nitrogen and oxygen atoms in total. The van der Waals surface area contributed by atoms with Gasteiger partial charge in [0.15, 0.2) is 0 Å². The van der Waals surface area contributed by atoms with Gasteiger partial charge in [0.2, 0.25) is 5.92 Å². The number of nitrogens with one attached hydrogen (secondary N) is 2. The van der Waals surface area contributed by atoms with E-state index in [1.54, 1.807) is 0 Å². The van der Waals surface area contributed by atoms with E-state index in [0.29, 0.717) is 12.3 Å². The number of hydrogen-bond acceptors (Lipinski definition) is 3. The lowest BCUT2D eigenvalue weighted by Gasteiger charge is -2.26. The number of unbranched alkanes of at least 4 members (excludes halogenated alkanes) is 1. The van der Waals surface area contributed by atoms with Crippen molar-refractivity contribution in [2.45, 2.75) is 45.2 Å². The minimum atomic E-state index is -2.54. The molecule has 1 saturated heterocycles. The van der Waals surface area contributed by atoms with Crippen molar-refractivity contribution in [2.24, 2.45) is 5.92 Å². The van der Waals surface area contributed by atoms with Crippen LogP contribution in [-0.4, -0.2) is 35.3 Å². The van der Waals surface area contributed by atoms with Gasteiger partial charge in [-0.15, -0.1) is 0 Å². The van der Waals surface area contributed by atoms with Crippen LogP contribution >= 0.6 is 0 Å². The van der Waals surface area contributed by atoms with Crippen molar-refractivity contribution < 1.29 is 8.78 Å². The number of hydrogen-bond donors (Lipinski definition) is 2. The summed E-state index contributed by atoms with van der Waals surface area (Å²) in [7, 11) is 0. The molecular weight excluding hydrogens is 310 g/mol. The van der Waals surface area contributed by atoms with Crippen molar-refractivity contribution in [3.05, 3.63) is 30.0 Å². The Labute approximate surface area is 141 Å². The quantitative estimate of drug-likeness (QED) is 0.691. The van der Waals surface area contributed by atoms with Gasteiger partial charge in [0.1, 0.15) is 0 Å². The first-order valence-electron chi connectivity index (χ1n) is 8.75. The van der Waals surface area contributed by atoms with E-state index in [0.717, 1.165) is 57.0 Å². The first-order chi connectivity index (χ1) is 11.5. The zero-order valence-corrected chi connectivity index (χ0v) is 14.2. The second kappa shape index (κ2) is 7.57. The number of halogens is 2. The third kappa shape index (κ3) is 4.98. The molecule has 0 aliphatic carbocycles. The number of fused-ring (bicyclic) bond motifs is 1. The van der Waals surface area contributed by atoms with E-state index in [1.807, 2.05) is 4.68 Å². The van der Waals surface area contributed by atoms with Gasteiger partial charge in [-0.2, -0.15) is 5.10 Å². The van der Waals surface area contributed by atoms with Crippen LogP contribution < -0.4 is 10.6 Å². The maximum absolute atomic E-state index is 12.7. The van der Waals surface area contributed by atoms with E-state index in [-0.39, 0.29) is 6.42 Å². The molecule has 0 amide bonds. The van der Waals surface area contributed by atoms with Crippen LogP contribution in [0.15, 0.2) is 24.4 Å². The van der Waals surface area contributed by atoms with Gasteiger partial charge in [0, 0.05) is 50.1 Å². The summed E-state index contributed by atoms with van der Waals surface area (Å²) < 4.78 is 27.5. The lowest BCUT2D eigenvalue weighted by atomic mass is 10.0. The summed E-state index contributed by atoms with van der Waals surface area (Å²) in [5, 5.41) is 12.4. The number of alkyl halides is 2. The number of nitrogens with zero attached hydrogens (tertiary/aromatic N) is 2. The summed E-state index contributed by atoms with van der Waals surface area (Å²) in [4.78, 5) is 0. The van der Waals surface area contributed by atoms with Crippen LogP contribution in [0.25, 0.3) is 10.9 Å². The monoisotopic (exact) mass is 336 g/mol. The molecule has 1 aromatic heterocycles. The molecule has 3 rings (SSSR count). The van der Waals surface area contributed by atoms with Gasteiger partial charge in [-0.05, 0) is 44.0 Å². The Kier molecular flexibility index (Phi) is 5.46. The maximum Gasteiger partial charge on any atom is 0.245 e. The van der Waals surface area contributed by atoms with Gasteiger partial charge in [0.25, 0.3) is 0 Å². The molecule has 0 bridgehead atoms. The predicted octanol–water partition coefficient (Wildman–Crippen LogP) is 3.17. The smallest absolute Gasteiger partial charge is 0.245 e. The average Bonchev–Trinajstić information content (AvgIpc) is 2.87. The Balaban J connectivity index is 1.45. The molecule has 1 fully saturated rings. The highest BCUT2D eigenvalue weighted by Crippen LogP contribution is 2.19. The molecule has 24 heavy (non-hydrogen) atoms. The number of benzene rings is 1. The van der Waals surface area contributed by atoms with Gasteiger partial charge < -0.3 is 10.6 Å². The molecule has 0 radical (unpaired) electrons. The van der Waals surface area contributed by atoms with Crippen molar-refractivity contribution in [2.75, 3.05) is 19.6 Å². The minimum Gasteiger partial charge on any atom is -0.316 e. The van der Waals surface area contributed by atoms with Gasteiger partial charge in [-0.25, -0.2) is 8.78 Å². The lowest BCUT2D eigenvalue weighted by Crippen LogP contribution is -2.44. The predicted molar refractivity (Wildman–Crippen MR) is 92.3 cm³/mol. The van der Waals surface area contributed by atoms with E-state index < -0.39 is 5.92 Å². The Bertz CT molecular complexity index is 659. The molecule has 1 aliphatic heterocycles. The zero-order valence-electron chi connectivity index (χ0n) is 14.2. The van der Waals surface area contributed by atoms with E-state index in [1.165, 1.54) is 5.56 Å². The Morgan fingerprint density at radius 2 is 2.17 bits per heavy atom. The Morgan fingerprint density at radius 3 is 2.88 bits per heavy atom. The third-order valence-corrected chi connectivity index (χ3v) is 4.48. The molecule has 6 heteroatoms. The van der Waals surface area contributed by atoms with Crippen LogP contribution in [0.1, 0.15) is 31.7 Å². The van der Waals surface area contributed by atoms with Crippen molar-refractivity contribution in [1.29, 1.82) is 0 Å². The highest BCUT2D eigenvalue weighted by atomic mass is 19.3. The molecule has 2 N–H and O–H groups in total. The van der Waals surface area contributed by atoms with Crippen molar-refractivity contribution in [3.8, 4) is 0 Å². The Morgan fingerprint density at radius 1 is 1.33 bits per heavy atom. The van der Waals surface area contributed by atoms with Gasteiger partial charge in [-0.3, -0.25) is 4.68 Å². The maximum atomic E-state index is 12.7. The van der Waals surface area contributed by atoms with Gasteiger partial charge >= 0.3 is 0 Å². The molecule has 1 aliphatic rings. The first-order valence-corrected chi connectivity index (χ1v) is 8.75. The zero-order chi connectivity index (χ0) is 17.0. The van der Waals surface area contributed by atoms with E-state index in [2.05, 4.69) is 40.1 Å². The summed E-state index contributed by atoms with van der Waals surface area (Å²) in [5.74, 6) is -1.85. The van der Waals surface area contributed by atoms with Crippen LogP contribution in [0.2, 0.25) is 0 Å². The van der Waals surface area contributed by atoms with Crippen LogP contribution in [-0.2, 0) is 13.1 Å². The van der Waals surface area contributed by atoms with Gasteiger partial charge in [0.05, 0.1) is 5.52 Å². The lowest BCUT2D eigenvalue weighted by molar-refractivity contribution is 0.0105. The Hall–Kier alpha value is -1.53. The molecule has 0 saturated carbocycles. The summed E-state index contributed by atoms with van der Waals surface area (Å²) in [6, 6.07) is 6.29. The fourth-order valence-electron chi connectivity index (χ4n) is 2.99. The molecule has 2 aromatic rings. The van der Waals surface area contributed by atoms with E-state index in [9.17, 15) is 8.78 Å². The van der Waals surface area contributed by atoms with Crippen molar-refractivity contribution in [1.82, 2.24) is 20.4 Å². The van der Waals surface area contributed by atoms with Crippen LogP contribution in [0.5, 0.6) is 0 Å². The minimum absolute atomic E-state index is 0.0314. The molecular formula is C18H26F2N4. The van der Waals surface area contributed by atoms with Gasteiger partial charge in [-0.1, -0.05) is 6.07 Å². The van der Waals surface area contributed by atoms with Crippen LogP contribution in [0.4, 0.5) is 8.78 Å². The highest BCUT2D eigenvalue weighted by molar-refractivity contribution is 5.78. The standard InChI is InChI=1S/C18H26F2N4/c1-18(19,20)6-2-3-7-21-9-14-4-5-17-16(8-14)13-24(23-17)12-15-10-22-11-15/h4-5,8,13,15,21-22H,2-3,6-7,9-12H2,1H3. The molecule has 2 heterocycles. The second-order valence-corrected chi connectivity index (χ2v) is 6.97. The van der Waals surface area contributed by atoms with E-state index in [4.69, 9.17) is 0 Å².